The molecule has 3 N–H and O–H groups in total. The highest BCUT2D eigenvalue weighted by molar-refractivity contribution is 5.96. The molecule has 35 heavy (non-hydrogen) atoms. The number of hydrogen-bond donors (Lipinski definition) is 2. The third-order valence-electron chi connectivity index (χ3n) is 6.49. The Morgan fingerprint density at radius 2 is 1.91 bits per heavy atom. The molecular weight excluding hydrogens is 457 g/mol. The number of carbonyl (C=O) groups is 2. The minimum atomic E-state index is -4.53. The normalized spacial score (nSPS) is 17.9. The SMILES string of the molecule is Cc1cc(N2CCC(c3cccc(C(N)=O)c3)(C(F)(F)F)C2)ccc1C(=O)NCc1ccccn1. The summed E-state index contributed by atoms with van der Waals surface area (Å²) in [5.74, 6) is -1.06. The van der Waals surface area contributed by atoms with Gasteiger partial charge in [-0.1, -0.05) is 18.2 Å². The standard InChI is InChI=1S/C26H25F3N4O2/c1-17-13-21(8-9-22(17)24(35)32-15-20-7-2-3-11-31-20)33-12-10-25(16-33,26(27,28)29)19-6-4-5-18(14-19)23(30)34/h2-9,11,13-14H,10,12,15-16H2,1H3,(H2,30,34)(H,32,35). The van der Waals surface area contributed by atoms with Crippen molar-refractivity contribution in [3.05, 3.63) is 94.8 Å². The van der Waals surface area contributed by atoms with E-state index in [1.165, 1.54) is 24.3 Å². The minimum Gasteiger partial charge on any atom is -0.370 e. The molecule has 0 spiro atoms. The molecule has 1 fully saturated rings. The number of anilines is 1. The molecule has 0 bridgehead atoms. The summed E-state index contributed by atoms with van der Waals surface area (Å²) in [5, 5.41) is 2.81. The van der Waals surface area contributed by atoms with E-state index in [0.717, 1.165) is 5.69 Å². The van der Waals surface area contributed by atoms with Crippen LogP contribution < -0.4 is 16.0 Å². The lowest BCUT2D eigenvalue weighted by atomic mass is 9.78. The van der Waals surface area contributed by atoms with Crippen molar-refractivity contribution >= 4 is 17.5 Å². The maximum atomic E-state index is 14.4. The van der Waals surface area contributed by atoms with Crippen LogP contribution in [0.4, 0.5) is 18.9 Å². The van der Waals surface area contributed by atoms with Gasteiger partial charge in [0, 0.05) is 36.1 Å². The van der Waals surface area contributed by atoms with Crippen molar-refractivity contribution in [2.24, 2.45) is 5.73 Å². The molecule has 1 aliphatic rings. The summed E-state index contributed by atoms with van der Waals surface area (Å²) in [5.41, 5.74) is 5.64. The second kappa shape index (κ2) is 9.40. The summed E-state index contributed by atoms with van der Waals surface area (Å²) < 4.78 is 43.2. The topological polar surface area (TPSA) is 88.3 Å². The van der Waals surface area contributed by atoms with Gasteiger partial charge >= 0.3 is 6.18 Å². The van der Waals surface area contributed by atoms with Gasteiger partial charge in [-0.25, -0.2) is 0 Å². The van der Waals surface area contributed by atoms with E-state index < -0.39 is 17.5 Å². The van der Waals surface area contributed by atoms with Crippen LogP contribution in [0.3, 0.4) is 0 Å². The monoisotopic (exact) mass is 482 g/mol. The van der Waals surface area contributed by atoms with E-state index in [4.69, 9.17) is 5.73 Å². The van der Waals surface area contributed by atoms with Crippen LogP contribution >= 0.6 is 0 Å². The van der Waals surface area contributed by atoms with Crippen LogP contribution in [0, 0.1) is 6.92 Å². The van der Waals surface area contributed by atoms with Gasteiger partial charge in [-0.3, -0.25) is 14.6 Å². The molecule has 0 radical (unpaired) electrons. The van der Waals surface area contributed by atoms with E-state index in [9.17, 15) is 22.8 Å². The van der Waals surface area contributed by atoms with Crippen LogP contribution in [0.5, 0.6) is 0 Å². The van der Waals surface area contributed by atoms with Gasteiger partial charge < -0.3 is 16.0 Å². The summed E-state index contributed by atoms with van der Waals surface area (Å²) in [4.78, 5) is 30.0. The van der Waals surface area contributed by atoms with Crippen molar-refractivity contribution in [1.29, 1.82) is 0 Å². The molecule has 1 aromatic heterocycles. The molecule has 6 nitrogen and oxygen atoms in total. The average molecular weight is 483 g/mol. The molecule has 2 amide bonds. The lowest BCUT2D eigenvalue weighted by Gasteiger charge is -2.33. The maximum Gasteiger partial charge on any atom is 0.400 e. The highest BCUT2D eigenvalue weighted by Gasteiger charge is 2.59. The Labute approximate surface area is 201 Å². The zero-order valence-electron chi connectivity index (χ0n) is 19.1. The number of pyridine rings is 1. The molecule has 1 atom stereocenters. The van der Waals surface area contributed by atoms with E-state index in [1.807, 2.05) is 6.07 Å². The van der Waals surface area contributed by atoms with E-state index in [0.29, 0.717) is 16.8 Å². The smallest absolute Gasteiger partial charge is 0.370 e. The van der Waals surface area contributed by atoms with Gasteiger partial charge in [-0.15, -0.1) is 0 Å². The first-order chi connectivity index (χ1) is 16.6. The Bertz CT molecular complexity index is 1250. The molecule has 9 heteroatoms. The predicted octanol–water partition coefficient (Wildman–Crippen LogP) is 4.13. The number of hydrogen-bond acceptors (Lipinski definition) is 4. The lowest BCUT2D eigenvalue weighted by molar-refractivity contribution is -0.184. The Hall–Kier alpha value is -3.88. The molecular formula is C26H25F3N4O2. The number of nitrogens with one attached hydrogen (secondary N) is 1. The number of nitrogens with two attached hydrogens (primary N) is 1. The maximum absolute atomic E-state index is 14.4. The number of halogens is 3. The second-order valence-electron chi connectivity index (χ2n) is 8.70. The third-order valence-corrected chi connectivity index (χ3v) is 6.49. The molecule has 1 saturated heterocycles. The van der Waals surface area contributed by atoms with Gasteiger partial charge in [0.05, 0.1) is 12.2 Å². The summed E-state index contributed by atoms with van der Waals surface area (Å²) in [6, 6.07) is 15.9. The first kappa shape index (κ1) is 24.3. The molecule has 0 saturated carbocycles. The van der Waals surface area contributed by atoms with E-state index in [1.54, 1.807) is 48.4 Å². The number of aromatic nitrogens is 1. The fourth-order valence-electron chi connectivity index (χ4n) is 4.50. The number of benzene rings is 2. The fraction of sp³-hybridized carbons (Fsp3) is 0.269. The molecule has 1 unspecified atom stereocenters. The van der Waals surface area contributed by atoms with Crippen molar-refractivity contribution in [3.8, 4) is 0 Å². The van der Waals surface area contributed by atoms with Crippen LogP contribution in [0.25, 0.3) is 0 Å². The zero-order valence-corrected chi connectivity index (χ0v) is 19.1. The number of alkyl halides is 3. The number of carbonyl (C=O) groups excluding carboxylic acids is 2. The average Bonchev–Trinajstić information content (AvgIpc) is 3.30. The molecule has 3 aromatic rings. The first-order valence-corrected chi connectivity index (χ1v) is 11.1. The molecule has 182 valence electrons. The number of aryl methyl sites for hydroxylation is 1. The zero-order chi connectivity index (χ0) is 25.2. The van der Waals surface area contributed by atoms with E-state index >= 15 is 0 Å². The van der Waals surface area contributed by atoms with Gasteiger partial charge in [-0.05, 0) is 66.9 Å². The van der Waals surface area contributed by atoms with Crippen LogP contribution in [0.2, 0.25) is 0 Å². The molecule has 4 rings (SSSR count). The summed E-state index contributed by atoms with van der Waals surface area (Å²) in [6.07, 6.45) is -3.05. The van der Waals surface area contributed by atoms with Gasteiger partial charge in [-0.2, -0.15) is 13.2 Å². The van der Waals surface area contributed by atoms with Crippen LogP contribution in [-0.4, -0.2) is 36.1 Å². The fourth-order valence-corrected chi connectivity index (χ4v) is 4.50. The van der Waals surface area contributed by atoms with Gasteiger partial charge in [0.15, 0.2) is 0 Å². The Balaban J connectivity index is 1.55. The minimum absolute atomic E-state index is 0.0195. The number of primary amides is 1. The number of rotatable bonds is 6. The van der Waals surface area contributed by atoms with Crippen LogP contribution in [-0.2, 0) is 12.0 Å². The van der Waals surface area contributed by atoms with Crippen molar-refractivity contribution in [3.63, 3.8) is 0 Å². The van der Waals surface area contributed by atoms with Crippen molar-refractivity contribution in [2.75, 3.05) is 18.0 Å². The van der Waals surface area contributed by atoms with Gasteiger partial charge in [0.25, 0.3) is 5.91 Å². The predicted molar refractivity (Wildman–Crippen MR) is 126 cm³/mol. The second-order valence-corrected chi connectivity index (χ2v) is 8.70. The summed E-state index contributed by atoms with van der Waals surface area (Å²) in [7, 11) is 0. The molecule has 2 aromatic carbocycles. The van der Waals surface area contributed by atoms with Gasteiger partial charge in [0.2, 0.25) is 5.91 Å². The molecule has 2 heterocycles. The highest BCUT2D eigenvalue weighted by Crippen LogP contribution is 2.48. The molecule has 1 aliphatic heterocycles. The Kier molecular flexibility index (Phi) is 6.51. The van der Waals surface area contributed by atoms with E-state index in [2.05, 4.69) is 10.3 Å². The largest absolute Gasteiger partial charge is 0.400 e. The quantitative estimate of drug-likeness (QED) is 0.553. The van der Waals surface area contributed by atoms with Gasteiger partial charge in [0.1, 0.15) is 5.41 Å². The summed E-state index contributed by atoms with van der Waals surface area (Å²) in [6.45, 7) is 1.89. The van der Waals surface area contributed by atoms with Crippen molar-refractivity contribution in [2.45, 2.75) is 31.5 Å². The molecule has 0 aliphatic carbocycles. The first-order valence-electron chi connectivity index (χ1n) is 11.1. The Morgan fingerprint density at radius 1 is 1.11 bits per heavy atom. The van der Waals surface area contributed by atoms with Crippen LogP contribution in [0.15, 0.2) is 66.9 Å². The van der Waals surface area contributed by atoms with Crippen LogP contribution in [0.1, 0.15) is 44.0 Å². The highest BCUT2D eigenvalue weighted by atomic mass is 19.4. The summed E-state index contributed by atoms with van der Waals surface area (Å²) >= 11 is 0. The third kappa shape index (κ3) is 4.84. The van der Waals surface area contributed by atoms with Crippen molar-refractivity contribution < 1.29 is 22.8 Å². The Morgan fingerprint density at radius 3 is 2.57 bits per heavy atom. The van der Waals surface area contributed by atoms with E-state index in [-0.39, 0.29) is 43.1 Å². The number of amides is 2. The number of nitrogens with zero attached hydrogens (tertiary/aromatic N) is 2. The van der Waals surface area contributed by atoms with Crippen molar-refractivity contribution in [1.82, 2.24) is 10.3 Å². The lowest BCUT2D eigenvalue weighted by Crippen LogP contribution is -2.45.